The van der Waals surface area contributed by atoms with Crippen LogP contribution >= 0.6 is 11.8 Å². The van der Waals surface area contributed by atoms with E-state index in [1.165, 1.54) is 0 Å². The number of rotatable bonds is 0. The third-order valence-corrected chi connectivity index (χ3v) is 1.73. The summed E-state index contributed by atoms with van der Waals surface area (Å²) in [5.74, 6) is 0. The molecule has 58 valence electrons. The van der Waals surface area contributed by atoms with Crippen LogP contribution in [0.3, 0.4) is 0 Å². The van der Waals surface area contributed by atoms with Gasteiger partial charge >= 0.3 is 0 Å². The molecule has 1 aromatic carbocycles. The molecule has 1 aromatic rings. The lowest BCUT2D eigenvalue weighted by Gasteiger charge is -2.13. The highest BCUT2D eigenvalue weighted by Gasteiger charge is 2.22. The van der Waals surface area contributed by atoms with Crippen LogP contribution < -0.4 is 10.6 Å². The van der Waals surface area contributed by atoms with Gasteiger partial charge in [0.05, 0.1) is 5.69 Å². The Labute approximate surface area is 68.6 Å². The lowest BCUT2D eigenvalue weighted by molar-refractivity contribution is 0.163. The summed E-state index contributed by atoms with van der Waals surface area (Å²) in [5.41, 5.74) is 4.15. The molecule has 0 amide bonds. The summed E-state index contributed by atoms with van der Waals surface area (Å²) in [4.78, 5) is 0. The third-order valence-electron chi connectivity index (χ3n) is 1.50. The Kier molecular flexibility index (Phi) is 1.38. The minimum atomic E-state index is 0.641. The predicted molar refractivity (Wildman–Crippen MR) is 42.0 cm³/mol. The summed E-state index contributed by atoms with van der Waals surface area (Å²) < 4.78 is 0.977. The number of hydrogen-bond donors (Lipinski definition) is 2. The van der Waals surface area contributed by atoms with Crippen molar-refractivity contribution in [2.75, 3.05) is 10.6 Å². The molecule has 0 saturated heterocycles. The van der Waals surface area contributed by atoms with Crippen LogP contribution in [-0.2, 0) is 0 Å². The van der Waals surface area contributed by atoms with Gasteiger partial charge in [-0.2, -0.15) is 0 Å². The molecule has 1 heterocycles. The van der Waals surface area contributed by atoms with Crippen molar-refractivity contribution in [3.8, 4) is 0 Å². The van der Waals surface area contributed by atoms with Crippen LogP contribution in [0.15, 0.2) is 24.3 Å². The van der Waals surface area contributed by atoms with Crippen molar-refractivity contribution in [1.82, 2.24) is 4.64 Å². The largest absolute Gasteiger partial charge is 0.283 e. The van der Waals surface area contributed by atoms with E-state index in [1.807, 2.05) is 18.2 Å². The second kappa shape index (κ2) is 2.27. The summed E-state index contributed by atoms with van der Waals surface area (Å²) >= 11 is 5.53. The highest BCUT2D eigenvalue weighted by Crippen LogP contribution is 2.32. The van der Waals surface area contributed by atoms with Crippen molar-refractivity contribution >= 4 is 23.2 Å². The summed E-state index contributed by atoms with van der Waals surface area (Å²) in [5, 5.41) is 10.0. The molecule has 0 saturated carbocycles. The average molecular weight is 172 g/mol. The molecule has 11 heavy (non-hydrogen) atoms. The number of hydrogen-bond acceptors (Lipinski definition) is 4. The van der Waals surface area contributed by atoms with E-state index in [4.69, 9.17) is 11.8 Å². The average Bonchev–Trinajstić information content (AvgIpc) is 2.30. The fourth-order valence-electron chi connectivity index (χ4n) is 0.984. The van der Waals surface area contributed by atoms with E-state index in [9.17, 15) is 5.21 Å². The van der Waals surface area contributed by atoms with Gasteiger partial charge in [0.15, 0.2) is 0 Å². The van der Waals surface area contributed by atoms with Crippen molar-refractivity contribution in [2.45, 2.75) is 0 Å². The van der Waals surface area contributed by atoms with Gasteiger partial charge in [0.1, 0.15) is 5.69 Å². The van der Waals surface area contributed by atoms with Gasteiger partial charge in [0.25, 0.3) is 0 Å². The van der Waals surface area contributed by atoms with E-state index in [0.717, 1.165) is 15.5 Å². The van der Waals surface area contributed by atoms with Crippen molar-refractivity contribution in [3.05, 3.63) is 24.3 Å². The van der Waals surface area contributed by atoms with E-state index in [-0.39, 0.29) is 0 Å². The summed E-state index contributed by atoms with van der Waals surface area (Å²) in [6.45, 7) is 0. The first-order chi connectivity index (χ1) is 5.29. The van der Waals surface area contributed by atoms with Gasteiger partial charge in [-0.3, -0.25) is 10.6 Å². The van der Waals surface area contributed by atoms with E-state index >= 15 is 0 Å². The molecule has 0 aliphatic carbocycles. The van der Waals surface area contributed by atoms with E-state index in [2.05, 4.69) is 5.43 Å². The number of para-hydroxylation sites is 2. The molecule has 0 bridgehead atoms. The molecule has 5 heteroatoms. The molecule has 0 aromatic heterocycles. The third kappa shape index (κ3) is 0.920. The van der Waals surface area contributed by atoms with Crippen molar-refractivity contribution in [2.24, 2.45) is 0 Å². The maximum absolute atomic E-state index is 9.21. The van der Waals surface area contributed by atoms with Gasteiger partial charge in [0, 0.05) is 11.8 Å². The lowest BCUT2D eigenvalue weighted by atomic mass is 10.3. The molecule has 1 aliphatic rings. The zero-order chi connectivity index (χ0) is 7.84. The van der Waals surface area contributed by atoms with E-state index in [1.54, 1.807) is 6.07 Å². The monoisotopic (exact) mass is 171 g/mol. The standard InChI is InChI=1S/C6H6ClN3O/c7-10-8-5-3-1-2-4-6(5)9(10)11/h1-4,8,11H. The minimum Gasteiger partial charge on any atom is -0.283 e. The molecule has 0 atom stereocenters. The minimum absolute atomic E-state index is 0.641. The number of anilines is 2. The van der Waals surface area contributed by atoms with Crippen molar-refractivity contribution in [3.63, 3.8) is 0 Å². The van der Waals surface area contributed by atoms with Gasteiger partial charge in [-0.25, -0.2) is 0 Å². The first-order valence-corrected chi connectivity index (χ1v) is 3.43. The van der Waals surface area contributed by atoms with Crippen LogP contribution in [0.1, 0.15) is 0 Å². The Hall–Kier alpha value is -0.970. The molecular weight excluding hydrogens is 166 g/mol. The second-order valence-corrected chi connectivity index (χ2v) is 2.50. The molecule has 1 aliphatic heterocycles. The van der Waals surface area contributed by atoms with Crippen LogP contribution in [-0.4, -0.2) is 9.84 Å². The van der Waals surface area contributed by atoms with Crippen LogP contribution in [0.5, 0.6) is 0 Å². The number of nitrogens with one attached hydrogen (secondary N) is 1. The van der Waals surface area contributed by atoms with Crippen LogP contribution in [0.4, 0.5) is 11.4 Å². The van der Waals surface area contributed by atoms with Gasteiger partial charge < -0.3 is 0 Å². The Bertz CT molecular complexity index is 280. The van der Waals surface area contributed by atoms with Crippen molar-refractivity contribution in [1.29, 1.82) is 0 Å². The van der Waals surface area contributed by atoms with Gasteiger partial charge in [-0.05, 0) is 16.8 Å². The first-order valence-electron chi connectivity index (χ1n) is 3.09. The summed E-state index contributed by atoms with van der Waals surface area (Å²) in [6, 6.07) is 7.25. The number of benzene rings is 1. The number of halogens is 1. The van der Waals surface area contributed by atoms with Crippen LogP contribution in [0.2, 0.25) is 0 Å². The fraction of sp³-hybridized carbons (Fsp3) is 0. The Morgan fingerprint density at radius 2 is 2.09 bits per heavy atom. The first kappa shape index (κ1) is 6.72. The molecule has 0 unspecified atom stereocenters. The molecule has 2 N–H and O–H groups in total. The molecule has 0 fully saturated rings. The highest BCUT2D eigenvalue weighted by atomic mass is 35.5. The van der Waals surface area contributed by atoms with E-state index < -0.39 is 0 Å². The zero-order valence-electron chi connectivity index (χ0n) is 5.53. The fourth-order valence-corrected chi connectivity index (χ4v) is 1.16. The van der Waals surface area contributed by atoms with Crippen LogP contribution in [0, 0.1) is 0 Å². The Balaban J connectivity index is 2.47. The molecular formula is C6H6ClN3O. The summed E-state index contributed by atoms with van der Waals surface area (Å²) in [6.07, 6.45) is 0. The highest BCUT2D eigenvalue weighted by molar-refractivity contribution is 6.15. The molecule has 0 spiro atoms. The SMILES string of the molecule is ON1c2ccccc2NN1Cl. The Morgan fingerprint density at radius 3 is 2.82 bits per heavy atom. The van der Waals surface area contributed by atoms with Gasteiger partial charge in [-0.1, -0.05) is 12.1 Å². The Morgan fingerprint density at radius 1 is 1.36 bits per heavy atom. The lowest BCUT2D eigenvalue weighted by Crippen LogP contribution is -2.30. The maximum atomic E-state index is 9.21. The second-order valence-electron chi connectivity index (χ2n) is 2.18. The normalized spacial score (nSPS) is 16.4. The summed E-state index contributed by atoms with van der Waals surface area (Å²) in [7, 11) is 0. The topological polar surface area (TPSA) is 38.7 Å². The quantitative estimate of drug-likeness (QED) is 0.582. The molecule has 0 radical (unpaired) electrons. The zero-order valence-corrected chi connectivity index (χ0v) is 6.28. The van der Waals surface area contributed by atoms with Gasteiger partial charge in [-0.15, -0.1) is 5.17 Å². The number of fused-ring (bicyclic) bond motifs is 1. The smallest absolute Gasteiger partial charge is 0.110 e. The molecule has 4 nitrogen and oxygen atoms in total. The number of nitrogens with zero attached hydrogens (tertiary/aromatic N) is 2. The van der Waals surface area contributed by atoms with Crippen LogP contribution in [0.25, 0.3) is 0 Å². The predicted octanol–water partition coefficient (Wildman–Crippen LogP) is 1.59. The van der Waals surface area contributed by atoms with Crippen molar-refractivity contribution < 1.29 is 5.21 Å². The maximum Gasteiger partial charge on any atom is 0.110 e. The number of hydrazine groups is 2. The van der Waals surface area contributed by atoms with Gasteiger partial charge in [0.2, 0.25) is 0 Å². The molecule has 2 rings (SSSR count). The van der Waals surface area contributed by atoms with E-state index in [0.29, 0.717) is 5.69 Å².